The number of hydrogen-bond acceptors (Lipinski definition) is 7. The van der Waals surface area contributed by atoms with Gasteiger partial charge >= 0.3 is 0 Å². The lowest BCUT2D eigenvalue weighted by Gasteiger charge is -2.13. The van der Waals surface area contributed by atoms with Crippen LogP contribution in [0.2, 0.25) is 0 Å². The average Bonchev–Trinajstić information content (AvgIpc) is 2.67. The van der Waals surface area contributed by atoms with E-state index in [-0.39, 0.29) is 0 Å². The molecule has 0 aliphatic rings. The number of nitrogens with zero attached hydrogens (tertiary/aromatic N) is 5. The van der Waals surface area contributed by atoms with Gasteiger partial charge < -0.3 is 15.5 Å². The van der Waals surface area contributed by atoms with E-state index in [1.165, 1.54) is 0 Å². The highest BCUT2D eigenvalue weighted by atomic mass is 15.2. The molecule has 7 nitrogen and oxygen atoms in total. The van der Waals surface area contributed by atoms with Gasteiger partial charge in [-0.05, 0) is 38.4 Å². The molecular weight excluding hydrogens is 326 g/mol. The summed E-state index contributed by atoms with van der Waals surface area (Å²) in [6, 6.07) is 11.7. The summed E-state index contributed by atoms with van der Waals surface area (Å²) in [6.45, 7) is 2.27. The van der Waals surface area contributed by atoms with E-state index in [0.717, 1.165) is 35.9 Å². The van der Waals surface area contributed by atoms with Crippen molar-refractivity contribution in [2.45, 2.75) is 6.54 Å². The lowest BCUT2D eigenvalue weighted by Crippen LogP contribution is -2.21. The molecule has 0 atom stereocenters. The number of hydrogen-bond donors (Lipinski definition) is 2. The summed E-state index contributed by atoms with van der Waals surface area (Å²) in [4.78, 5) is 19.7. The molecule has 0 aliphatic carbocycles. The van der Waals surface area contributed by atoms with E-state index in [1.807, 2.05) is 50.5 Å². The van der Waals surface area contributed by atoms with Crippen LogP contribution in [0.5, 0.6) is 0 Å². The summed E-state index contributed by atoms with van der Waals surface area (Å²) in [5.41, 5.74) is 2.80. The summed E-state index contributed by atoms with van der Waals surface area (Å²) < 4.78 is 0. The second kappa shape index (κ2) is 8.87. The molecule has 2 N–H and O–H groups in total. The number of nitrogens with one attached hydrogen (secondary N) is 2. The third kappa shape index (κ3) is 5.22. The highest BCUT2D eigenvalue weighted by Crippen LogP contribution is 2.21. The Balaban J connectivity index is 1.80. The standard InChI is InChI=1S/C19H23N7/c1-26(2)12-11-22-19-24-17(15-6-9-20-10-7-15)13-18(25-19)23-14-16-5-3-4-8-21-16/h3-10,13H,11-12,14H2,1-2H3,(H2,22,23,24,25). The van der Waals surface area contributed by atoms with Crippen molar-refractivity contribution in [2.24, 2.45) is 0 Å². The smallest absolute Gasteiger partial charge is 0.225 e. The zero-order chi connectivity index (χ0) is 18.2. The maximum absolute atomic E-state index is 4.63. The summed E-state index contributed by atoms with van der Waals surface area (Å²) in [7, 11) is 4.07. The molecule has 0 aliphatic heterocycles. The van der Waals surface area contributed by atoms with Crippen molar-refractivity contribution < 1.29 is 0 Å². The van der Waals surface area contributed by atoms with E-state index in [2.05, 4.69) is 35.5 Å². The van der Waals surface area contributed by atoms with Crippen LogP contribution < -0.4 is 10.6 Å². The molecule has 0 saturated carbocycles. The largest absolute Gasteiger partial charge is 0.364 e. The van der Waals surface area contributed by atoms with Crippen LogP contribution in [0.15, 0.2) is 55.0 Å². The van der Waals surface area contributed by atoms with E-state index in [4.69, 9.17) is 0 Å². The molecule has 0 saturated heterocycles. The van der Waals surface area contributed by atoms with Crippen molar-refractivity contribution >= 4 is 11.8 Å². The molecule has 3 heterocycles. The number of anilines is 2. The van der Waals surface area contributed by atoms with Crippen LogP contribution in [-0.2, 0) is 6.54 Å². The van der Waals surface area contributed by atoms with E-state index < -0.39 is 0 Å². The Morgan fingerprint density at radius 3 is 2.54 bits per heavy atom. The Kier molecular flexibility index (Phi) is 6.05. The molecule has 0 bridgehead atoms. The normalized spacial score (nSPS) is 10.7. The zero-order valence-corrected chi connectivity index (χ0v) is 15.1. The molecule has 3 aromatic rings. The third-order valence-electron chi connectivity index (χ3n) is 3.72. The zero-order valence-electron chi connectivity index (χ0n) is 15.1. The van der Waals surface area contributed by atoms with Crippen molar-refractivity contribution in [1.82, 2.24) is 24.8 Å². The Labute approximate surface area is 153 Å². The summed E-state index contributed by atoms with van der Waals surface area (Å²) in [6.07, 6.45) is 5.31. The topological polar surface area (TPSA) is 78.9 Å². The fourth-order valence-corrected chi connectivity index (χ4v) is 2.36. The fraction of sp³-hybridized carbons (Fsp3) is 0.263. The minimum atomic E-state index is 0.602. The molecule has 3 rings (SSSR count). The number of pyridine rings is 2. The van der Waals surface area contributed by atoms with Crippen molar-refractivity contribution in [1.29, 1.82) is 0 Å². The quantitative estimate of drug-likeness (QED) is 0.647. The van der Waals surface area contributed by atoms with Gasteiger partial charge in [0.15, 0.2) is 0 Å². The fourth-order valence-electron chi connectivity index (χ4n) is 2.36. The van der Waals surface area contributed by atoms with Crippen molar-refractivity contribution in [3.63, 3.8) is 0 Å². The van der Waals surface area contributed by atoms with Gasteiger partial charge in [0.25, 0.3) is 0 Å². The van der Waals surface area contributed by atoms with Gasteiger partial charge in [0.1, 0.15) is 5.82 Å². The van der Waals surface area contributed by atoms with Crippen LogP contribution >= 0.6 is 0 Å². The predicted octanol–water partition coefficient (Wildman–Crippen LogP) is 2.52. The van der Waals surface area contributed by atoms with Gasteiger partial charge in [-0.3, -0.25) is 9.97 Å². The molecule has 3 aromatic heterocycles. The molecule has 7 heteroatoms. The third-order valence-corrected chi connectivity index (χ3v) is 3.72. The Hall–Kier alpha value is -3.06. The molecule has 0 aromatic carbocycles. The second-order valence-electron chi connectivity index (χ2n) is 6.10. The highest BCUT2D eigenvalue weighted by Gasteiger charge is 2.07. The van der Waals surface area contributed by atoms with Gasteiger partial charge in [0.05, 0.1) is 17.9 Å². The molecule has 0 unspecified atom stereocenters. The Morgan fingerprint density at radius 1 is 0.962 bits per heavy atom. The SMILES string of the molecule is CN(C)CCNc1nc(NCc2ccccn2)cc(-c2ccncc2)n1. The first-order chi connectivity index (χ1) is 12.7. The first kappa shape index (κ1) is 17.8. The molecule has 26 heavy (non-hydrogen) atoms. The number of rotatable bonds is 8. The van der Waals surface area contributed by atoms with E-state index in [0.29, 0.717) is 12.5 Å². The van der Waals surface area contributed by atoms with Crippen LogP contribution in [0.1, 0.15) is 5.69 Å². The summed E-state index contributed by atoms with van der Waals surface area (Å²) in [5.74, 6) is 1.36. The van der Waals surface area contributed by atoms with Gasteiger partial charge in [-0.2, -0.15) is 4.98 Å². The maximum Gasteiger partial charge on any atom is 0.225 e. The van der Waals surface area contributed by atoms with E-state index in [1.54, 1.807) is 18.6 Å². The van der Waals surface area contributed by atoms with E-state index >= 15 is 0 Å². The summed E-state index contributed by atoms with van der Waals surface area (Å²) >= 11 is 0. The molecular formula is C19H23N7. The molecule has 0 spiro atoms. The molecule has 0 fully saturated rings. The molecule has 134 valence electrons. The number of aromatic nitrogens is 4. The molecule has 0 amide bonds. The van der Waals surface area contributed by atoms with Crippen molar-refractivity contribution in [3.8, 4) is 11.3 Å². The number of likely N-dealkylation sites (N-methyl/N-ethyl adjacent to an activating group) is 1. The van der Waals surface area contributed by atoms with Gasteiger partial charge in [-0.25, -0.2) is 4.98 Å². The Morgan fingerprint density at radius 2 is 1.81 bits per heavy atom. The van der Waals surface area contributed by atoms with Gasteiger partial charge in [-0.1, -0.05) is 6.07 Å². The minimum absolute atomic E-state index is 0.602. The van der Waals surface area contributed by atoms with Crippen LogP contribution in [0.25, 0.3) is 11.3 Å². The van der Waals surface area contributed by atoms with Crippen LogP contribution in [0.4, 0.5) is 11.8 Å². The Bertz CT molecular complexity index is 807. The predicted molar refractivity (Wildman–Crippen MR) is 104 cm³/mol. The van der Waals surface area contributed by atoms with Crippen LogP contribution in [0, 0.1) is 0 Å². The molecule has 0 radical (unpaired) electrons. The summed E-state index contributed by atoms with van der Waals surface area (Å²) in [5, 5.41) is 6.62. The monoisotopic (exact) mass is 349 g/mol. The van der Waals surface area contributed by atoms with Gasteiger partial charge in [0.2, 0.25) is 5.95 Å². The maximum atomic E-state index is 4.63. The first-order valence-electron chi connectivity index (χ1n) is 8.52. The van der Waals surface area contributed by atoms with Crippen LogP contribution in [0.3, 0.4) is 0 Å². The van der Waals surface area contributed by atoms with Gasteiger partial charge in [-0.15, -0.1) is 0 Å². The lowest BCUT2D eigenvalue weighted by atomic mass is 10.2. The highest BCUT2D eigenvalue weighted by molar-refractivity contribution is 5.63. The van der Waals surface area contributed by atoms with Crippen molar-refractivity contribution in [2.75, 3.05) is 37.8 Å². The lowest BCUT2D eigenvalue weighted by molar-refractivity contribution is 0.425. The minimum Gasteiger partial charge on any atom is -0.364 e. The first-order valence-corrected chi connectivity index (χ1v) is 8.52. The van der Waals surface area contributed by atoms with Crippen molar-refractivity contribution in [3.05, 3.63) is 60.7 Å². The van der Waals surface area contributed by atoms with Crippen LogP contribution in [-0.4, -0.2) is 52.0 Å². The average molecular weight is 349 g/mol. The second-order valence-corrected chi connectivity index (χ2v) is 6.10. The van der Waals surface area contributed by atoms with E-state index in [9.17, 15) is 0 Å². The van der Waals surface area contributed by atoms with Gasteiger partial charge in [0, 0.05) is 43.3 Å².